The molecule has 0 fully saturated rings. The average molecular weight is 277 g/mol. The second-order valence-electron chi connectivity index (χ2n) is 4.88. The zero-order valence-corrected chi connectivity index (χ0v) is 12.9. The molecule has 1 nitrogen and oxygen atoms in total. The normalized spacial score (nSPS) is 10.6. The summed E-state index contributed by atoms with van der Waals surface area (Å²) in [6, 6.07) is 21.1. The molecule has 0 aliphatic carbocycles. The Morgan fingerprint density at radius 2 is 1.29 bits per heavy atom. The molecule has 0 aliphatic heterocycles. The molecule has 0 aliphatic rings. The lowest BCUT2D eigenvalue weighted by Crippen LogP contribution is -2.14. The second-order valence-corrected chi connectivity index (χ2v) is 4.88. The Hall–Kier alpha value is -2.28. The summed E-state index contributed by atoms with van der Waals surface area (Å²) < 4.78 is 0. The van der Waals surface area contributed by atoms with Gasteiger partial charge >= 0.3 is 0 Å². The molecule has 108 valence electrons. The van der Waals surface area contributed by atoms with E-state index in [1.54, 1.807) is 0 Å². The zero-order valence-electron chi connectivity index (χ0n) is 12.9. The van der Waals surface area contributed by atoms with Gasteiger partial charge in [-0.15, -0.1) is 0 Å². The molecule has 2 aromatic carbocycles. The Morgan fingerprint density at radius 1 is 0.810 bits per heavy atom. The van der Waals surface area contributed by atoms with Crippen molar-refractivity contribution in [1.29, 1.82) is 0 Å². The number of hydrogen-bond donors (Lipinski definition) is 0. The third-order valence-electron chi connectivity index (χ3n) is 3.54. The molecule has 0 unspecified atom stereocenters. The summed E-state index contributed by atoms with van der Waals surface area (Å²) in [7, 11) is 0. The van der Waals surface area contributed by atoms with E-state index in [1.807, 2.05) is 0 Å². The molecular formula is C20H23N. The van der Waals surface area contributed by atoms with Crippen LogP contribution in [0.1, 0.15) is 25.0 Å². The summed E-state index contributed by atoms with van der Waals surface area (Å²) >= 11 is 0. The fourth-order valence-corrected chi connectivity index (χ4v) is 2.29. The standard InChI is InChI=1S/C20H23N/c1-3-21(4-2)17-11-16-20(18-12-7-5-8-13-18)19-14-9-6-10-15-19/h5-17H,3-4H2,1-2H3. The summed E-state index contributed by atoms with van der Waals surface area (Å²) in [6.07, 6.45) is 6.50. The van der Waals surface area contributed by atoms with Gasteiger partial charge in [-0.3, -0.25) is 0 Å². The van der Waals surface area contributed by atoms with Crippen molar-refractivity contribution in [2.24, 2.45) is 0 Å². The van der Waals surface area contributed by atoms with Crippen LogP contribution in [-0.4, -0.2) is 18.0 Å². The van der Waals surface area contributed by atoms with Gasteiger partial charge in [0.15, 0.2) is 0 Å². The minimum absolute atomic E-state index is 1.03. The number of rotatable bonds is 6. The van der Waals surface area contributed by atoms with Crippen LogP contribution in [0, 0.1) is 0 Å². The molecular weight excluding hydrogens is 254 g/mol. The summed E-state index contributed by atoms with van der Waals surface area (Å²) in [5.41, 5.74) is 3.74. The minimum Gasteiger partial charge on any atom is -0.378 e. The van der Waals surface area contributed by atoms with Gasteiger partial charge in [-0.25, -0.2) is 0 Å². The predicted molar refractivity (Wildman–Crippen MR) is 92.0 cm³/mol. The predicted octanol–water partition coefficient (Wildman–Crippen LogP) is 4.97. The maximum absolute atomic E-state index is 2.28. The lowest BCUT2D eigenvalue weighted by molar-refractivity contribution is 0.419. The van der Waals surface area contributed by atoms with Gasteiger partial charge in [0.25, 0.3) is 0 Å². The molecule has 0 radical (unpaired) electrons. The summed E-state index contributed by atoms with van der Waals surface area (Å²) in [6.45, 7) is 6.42. The minimum atomic E-state index is 1.03. The molecule has 0 saturated carbocycles. The molecule has 0 amide bonds. The van der Waals surface area contributed by atoms with Crippen LogP contribution in [0.5, 0.6) is 0 Å². The van der Waals surface area contributed by atoms with Crippen LogP contribution < -0.4 is 0 Å². The molecule has 0 bridgehead atoms. The molecule has 0 heterocycles. The van der Waals surface area contributed by atoms with E-state index < -0.39 is 0 Å². The molecule has 2 rings (SSSR count). The van der Waals surface area contributed by atoms with Crippen LogP contribution in [0.3, 0.4) is 0 Å². The molecule has 0 spiro atoms. The van der Waals surface area contributed by atoms with E-state index in [2.05, 4.69) is 97.8 Å². The number of hydrogen-bond acceptors (Lipinski definition) is 1. The van der Waals surface area contributed by atoms with Crippen LogP contribution in [0.2, 0.25) is 0 Å². The van der Waals surface area contributed by atoms with E-state index in [4.69, 9.17) is 0 Å². The van der Waals surface area contributed by atoms with Crippen molar-refractivity contribution in [1.82, 2.24) is 4.90 Å². The van der Waals surface area contributed by atoms with Gasteiger partial charge in [0.2, 0.25) is 0 Å². The van der Waals surface area contributed by atoms with Crippen molar-refractivity contribution in [2.45, 2.75) is 13.8 Å². The first-order chi connectivity index (χ1) is 10.3. The van der Waals surface area contributed by atoms with Crippen LogP contribution >= 0.6 is 0 Å². The van der Waals surface area contributed by atoms with E-state index >= 15 is 0 Å². The Morgan fingerprint density at radius 3 is 1.71 bits per heavy atom. The van der Waals surface area contributed by atoms with Crippen molar-refractivity contribution >= 4 is 5.57 Å². The van der Waals surface area contributed by atoms with Gasteiger partial charge in [0, 0.05) is 13.1 Å². The van der Waals surface area contributed by atoms with Crippen molar-refractivity contribution in [3.63, 3.8) is 0 Å². The first kappa shape index (κ1) is 15.1. The largest absolute Gasteiger partial charge is 0.378 e. The third-order valence-corrected chi connectivity index (χ3v) is 3.54. The Labute approximate surface area is 128 Å². The van der Waals surface area contributed by atoms with E-state index in [-0.39, 0.29) is 0 Å². The van der Waals surface area contributed by atoms with E-state index in [1.165, 1.54) is 16.7 Å². The Bertz CT molecular complexity index is 536. The maximum Gasteiger partial charge on any atom is 0.0143 e. The molecule has 2 aromatic rings. The first-order valence-electron chi connectivity index (χ1n) is 7.58. The van der Waals surface area contributed by atoms with Crippen LogP contribution in [0.15, 0.2) is 79.0 Å². The van der Waals surface area contributed by atoms with Gasteiger partial charge in [-0.1, -0.05) is 66.7 Å². The monoisotopic (exact) mass is 277 g/mol. The SMILES string of the molecule is CCN(C=CC=C(c1ccccc1)c1ccccc1)CC. The van der Waals surface area contributed by atoms with Crippen molar-refractivity contribution in [3.8, 4) is 0 Å². The average Bonchev–Trinajstić information content (AvgIpc) is 2.57. The topological polar surface area (TPSA) is 3.24 Å². The summed E-state index contributed by atoms with van der Waals surface area (Å²) in [5, 5.41) is 0. The van der Waals surface area contributed by atoms with Crippen LogP contribution in [0.25, 0.3) is 5.57 Å². The van der Waals surface area contributed by atoms with Crippen LogP contribution in [0.4, 0.5) is 0 Å². The van der Waals surface area contributed by atoms with E-state index in [0.29, 0.717) is 0 Å². The zero-order chi connectivity index (χ0) is 14.9. The number of nitrogens with zero attached hydrogens (tertiary/aromatic N) is 1. The molecule has 1 heteroatoms. The highest BCUT2D eigenvalue weighted by atomic mass is 15.1. The Kier molecular flexibility index (Phi) is 5.83. The molecule has 0 N–H and O–H groups in total. The highest BCUT2D eigenvalue weighted by Gasteiger charge is 2.02. The van der Waals surface area contributed by atoms with Gasteiger partial charge < -0.3 is 4.90 Å². The van der Waals surface area contributed by atoms with Gasteiger partial charge in [0.05, 0.1) is 0 Å². The van der Waals surface area contributed by atoms with Crippen LogP contribution in [-0.2, 0) is 0 Å². The quantitative estimate of drug-likeness (QED) is 0.673. The first-order valence-corrected chi connectivity index (χ1v) is 7.58. The molecule has 0 aromatic heterocycles. The van der Waals surface area contributed by atoms with Gasteiger partial charge in [-0.05, 0) is 42.8 Å². The highest BCUT2D eigenvalue weighted by Crippen LogP contribution is 2.23. The summed E-state index contributed by atoms with van der Waals surface area (Å²) in [4.78, 5) is 2.28. The lowest BCUT2D eigenvalue weighted by Gasteiger charge is -2.14. The van der Waals surface area contributed by atoms with E-state index in [9.17, 15) is 0 Å². The van der Waals surface area contributed by atoms with E-state index in [0.717, 1.165) is 13.1 Å². The van der Waals surface area contributed by atoms with Gasteiger partial charge in [-0.2, -0.15) is 0 Å². The van der Waals surface area contributed by atoms with Gasteiger partial charge in [0.1, 0.15) is 0 Å². The fourth-order valence-electron chi connectivity index (χ4n) is 2.29. The molecule has 0 atom stereocenters. The van der Waals surface area contributed by atoms with Crippen molar-refractivity contribution in [3.05, 3.63) is 90.1 Å². The van der Waals surface area contributed by atoms with Crippen molar-refractivity contribution in [2.75, 3.05) is 13.1 Å². The Balaban J connectivity index is 2.33. The number of benzene rings is 2. The molecule has 0 saturated heterocycles. The third kappa shape index (κ3) is 4.35. The van der Waals surface area contributed by atoms with Crippen molar-refractivity contribution < 1.29 is 0 Å². The molecule has 21 heavy (non-hydrogen) atoms. The smallest absolute Gasteiger partial charge is 0.0143 e. The lowest BCUT2D eigenvalue weighted by atomic mass is 9.98. The number of allylic oxidation sites excluding steroid dienone is 2. The summed E-state index contributed by atoms with van der Waals surface area (Å²) in [5.74, 6) is 0. The fraction of sp³-hybridized carbons (Fsp3) is 0.200. The maximum atomic E-state index is 2.28. The second kappa shape index (κ2) is 8.11. The highest BCUT2D eigenvalue weighted by molar-refractivity contribution is 5.80.